The molecule has 0 aliphatic heterocycles. The molecule has 1 aromatic heterocycles. The van der Waals surface area contributed by atoms with E-state index in [9.17, 15) is 0 Å². The predicted molar refractivity (Wildman–Crippen MR) is 67.4 cm³/mol. The second-order valence-corrected chi connectivity index (χ2v) is 4.79. The standard InChI is InChI=1S/C14H22N2/c1-2-9-16-14(13-4-5-13)6-3-12-7-10-15-11-8-12/h7-8,10-11,13-14,16H,2-6,9H2,1H3. The fraction of sp³-hybridized carbons (Fsp3) is 0.643. The summed E-state index contributed by atoms with van der Waals surface area (Å²) in [6.07, 6.45) is 10.3. The van der Waals surface area contributed by atoms with Crippen molar-refractivity contribution in [3.63, 3.8) is 0 Å². The van der Waals surface area contributed by atoms with Gasteiger partial charge in [-0.3, -0.25) is 4.98 Å². The second kappa shape index (κ2) is 6.00. The van der Waals surface area contributed by atoms with Gasteiger partial charge in [0, 0.05) is 18.4 Å². The first kappa shape index (κ1) is 11.6. The van der Waals surface area contributed by atoms with Crippen LogP contribution in [-0.2, 0) is 6.42 Å². The van der Waals surface area contributed by atoms with Crippen LogP contribution in [0.3, 0.4) is 0 Å². The van der Waals surface area contributed by atoms with Crippen LogP contribution >= 0.6 is 0 Å². The zero-order valence-electron chi connectivity index (χ0n) is 10.2. The van der Waals surface area contributed by atoms with E-state index >= 15 is 0 Å². The summed E-state index contributed by atoms with van der Waals surface area (Å²) in [6.45, 7) is 3.40. The highest BCUT2D eigenvalue weighted by molar-refractivity contribution is 5.10. The van der Waals surface area contributed by atoms with E-state index in [0.29, 0.717) is 0 Å². The number of hydrogen-bond donors (Lipinski definition) is 1. The molecule has 88 valence electrons. The van der Waals surface area contributed by atoms with Gasteiger partial charge in [0.25, 0.3) is 0 Å². The summed E-state index contributed by atoms with van der Waals surface area (Å²) in [7, 11) is 0. The molecule has 1 atom stereocenters. The molecule has 0 spiro atoms. The quantitative estimate of drug-likeness (QED) is 0.761. The number of nitrogens with one attached hydrogen (secondary N) is 1. The minimum Gasteiger partial charge on any atom is -0.314 e. The molecule has 16 heavy (non-hydrogen) atoms. The Morgan fingerprint density at radius 1 is 1.38 bits per heavy atom. The lowest BCUT2D eigenvalue weighted by molar-refractivity contribution is 0.436. The van der Waals surface area contributed by atoms with Crippen LogP contribution < -0.4 is 5.32 Å². The van der Waals surface area contributed by atoms with E-state index in [2.05, 4.69) is 29.4 Å². The van der Waals surface area contributed by atoms with Crippen molar-refractivity contribution in [2.45, 2.75) is 45.1 Å². The maximum atomic E-state index is 4.05. The zero-order valence-corrected chi connectivity index (χ0v) is 10.2. The van der Waals surface area contributed by atoms with Crippen LogP contribution in [0.2, 0.25) is 0 Å². The van der Waals surface area contributed by atoms with Gasteiger partial charge in [-0.05, 0) is 62.3 Å². The third-order valence-electron chi connectivity index (χ3n) is 3.34. The van der Waals surface area contributed by atoms with Crippen LogP contribution in [0.25, 0.3) is 0 Å². The van der Waals surface area contributed by atoms with E-state index in [1.807, 2.05) is 12.4 Å². The molecule has 1 unspecified atom stereocenters. The van der Waals surface area contributed by atoms with Crippen molar-refractivity contribution in [1.29, 1.82) is 0 Å². The minimum absolute atomic E-state index is 0.744. The largest absolute Gasteiger partial charge is 0.314 e. The lowest BCUT2D eigenvalue weighted by Gasteiger charge is -2.17. The summed E-state index contributed by atoms with van der Waals surface area (Å²) < 4.78 is 0. The van der Waals surface area contributed by atoms with Gasteiger partial charge >= 0.3 is 0 Å². The minimum atomic E-state index is 0.744. The van der Waals surface area contributed by atoms with Gasteiger partial charge in [0.2, 0.25) is 0 Å². The molecule has 2 nitrogen and oxygen atoms in total. The molecule has 1 heterocycles. The summed E-state index contributed by atoms with van der Waals surface area (Å²) in [5.41, 5.74) is 1.42. The van der Waals surface area contributed by atoms with Crippen LogP contribution in [0.5, 0.6) is 0 Å². The second-order valence-electron chi connectivity index (χ2n) is 4.79. The van der Waals surface area contributed by atoms with Gasteiger partial charge in [-0.1, -0.05) is 6.92 Å². The Kier molecular flexibility index (Phi) is 4.34. The van der Waals surface area contributed by atoms with E-state index in [-0.39, 0.29) is 0 Å². The smallest absolute Gasteiger partial charge is 0.0270 e. The van der Waals surface area contributed by atoms with Crippen molar-refractivity contribution in [2.75, 3.05) is 6.54 Å². The van der Waals surface area contributed by atoms with Gasteiger partial charge in [-0.25, -0.2) is 0 Å². The maximum Gasteiger partial charge on any atom is 0.0270 e. The fourth-order valence-corrected chi connectivity index (χ4v) is 2.20. The van der Waals surface area contributed by atoms with Gasteiger partial charge in [-0.2, -0.15) is 0 Å². The van der Waals surface area contributed by atoms with E-state index < -0.39 is 0 Å². The van der Waals surface area contributed by atoms with Crippen LogP contribution in [0.15, 0.2) is 24.5 Å². The molecule has 0 bridgehead atoms. The number of aryl methyl sites for hydroxylation is 1. The predicted octanol–water partition coefficient (Wildman–Crippen LogP) is 2.79. The summed E-state index contributed by atoms with van der Waals surface area (Å²) in [4.78, 5) is 4.05. The summed E-state index contributed by atoms with van der Waals surface area (Å²) in [5.74, 6) is 0.952. The zero-order chi connectivity index (χ0) is 11.2. The summed E-state index contributed by atoms with van der Waals surface area (Å²) in [5, 5.41) is 3.69. The maximum absolute atomic E-state index is 4.05. The molecule has 0 aromatic carbocycles. The first-order chi connectivity index (χ1) is 7.90. The Morgan fingerprint density at radius 2 is 2.12 bits per heavy atom. The molecule has 2 heteroatoms. The van der Waals surface area contributed by atoms with Crippen molar-refractivity contribution in [3.05, 3.63) is 30.1 Å². The lowest BCUT2D eigenvalue weighted by Crippen LogP contribution is -2.32. The van der Waals surface area contributed by atoms with Gasteiger partial charge in [0.05, 0.1) is 0 Å². The van der Waals surface area contributed by atoms with Gasteiger partial charge < -0.3 is 5.32 Å². The molecule has 0 radical (unpaired) electrons. The lowest BCUT2D eigenvalue weighted by atomic mass is 10.0. The Labute approximate surface area is 98.5 Å². The topological polar surface area (TPSA) is 24.9 Å². The number of aromatic nitrogens is 1. The molecular weight excluding hydrogens is 196 g/mol. The molecule has 1 aliphatic carbocycles. The van der Waals surface area contributed by atoms with E-state index in [0.717, 1.165) is 18.5 Å². The SMILES string of the molecule is CCCNC(CCc1ccncc1)C1CC1. The highest BCUT2D eigenvalue weighted by Gasteiger charge is 2.30. The Morgan fingerprint density at radius 3 is 2.75 bits per heavy atom. The van der Waals surface area contributed by atoms with Gasteiger partial charge in [-0.15, -0.1) is 0 Å². The van der Waals surface area contributed by atoms with Crippen molar-refractivity contribution < 1.29 is 0 Å². The van der Waals surface area contributed by atoms with E-state index in [1.54, 1.807) is 0 Å². The Bertz CT molecular complexity index is 293. The number of hydrogen-bond acceptors (Lipinski definition) is 2. The Hall–Kier alpha value is -0.890. The number of rotatable bonds is 7. The van der Waals surface area contributed by atoms with Crippen LogP contribution in [0.1, 0.15) is 38.2 Å². The molecular formula is C14H22N2. The van der Waals surface area contributed by atoms with Gasteiger partial charge in [0.1, 0.15) is 0 Å². The van der Waals surface area contributed by atoms with Crippen molar-refractivity contribution in [1.82, 2.24) is 10.3 Å². The monoisotopic (exact) mass is 218 g/mol. The summed E-state index contributed by atoms with van der Waals surface area (Å²) >= 11 is 0. The first-order valence-electron chi connectivity index (χ1n) is 6.52. The molecule has 0 amide bonds. The highest BCUT2D eigenvalue weighted by atomic mass is 14.9. The Balaban J connectivity index is 1.77. The van der Waals surface area contributed by atoms with Crippen molar-refractivity contribution in [3.8, 4) is 0 Å². The first-order valence-corrected chi connectivity index (χ1v) is 6.52. The molecule has 1 N–H and O–H groups in total. The summed E-state index contributed by atoms with van der Waals surface area (Å²) in [6, 6.07) is 5.00. The fourth-order valence-electron chi connectivity index (χ4n) is 2.20. The normalized spacial score (nSPS) is 17.3. The van der Waals surface area contributed by atoms with Crippen LogP contribution in [0.4, 0.5) is 0 Å². The van der Waals surface area contributed by atoms with Gasteiger partial charge in [0.15, 0.2) is 0 Å². The molecule has 2 rings (SSSR count). The van der Waals surface area contributed by atoms with Crippen LogP contribution in [0, 0.1) is 5.92 Å². The number of nitrogens with zero attached hydrogens (tertiary/aromatic N) is 1. The highest BCUT2D eigenvalue weighted by Crippen LogP contribution is 2.34. The third kappa shape index (κ3) is 3.60. The average Bonchev–Trinajstić information content (AvgIpc) is 3.15. The van der Waals surface area contributed by atoms with E-state index in [1.165, 1.54) is 37.7 Å². The van der Waals surface area contributed by atoms with E-state index in [4.69, 9.17) is 0 Å². The molecule has 1 saturated carbocycles. The van der Waals surface area contributed by atoms with Crippen LogP contribution in [-0.4, -0.2) is 17.6 Å². The molecule has 1 aliphatic rings. The molecule has 0 saturated heterocycles. The third-order valence-corrected chi connectivity index (χ3v) is 3.34. The van der Waals surface area contributed by atoms with Crippen molar-refractivity contribution in [2.24, 2.45) is 5.92 Å². The number of pyridine rings is 1. The average molecular weight is 218 g/mol. The molecule has 1 aromatic rings. The molecule has 1 fully saturated rings. The van der Waals surface area contributed by atoms with Crippen molar-refractivity contribution >= 4 is 0 Å².